The van der Waals surface area contributed by atoms with Crippen molar-refractivity contribution in [3.05, 3.63) is 59.7 Å². The molecular weight excluding hydrogens is 384 g/mol. The van der Waals surface area contributed by atoms with Gasteiger partial charge < -0.3 is 20.5 Å². The van der Waals surface area contributed by atoms with Crippen molar-refractivity contribution >= 4 is 18.0 Å². The van der Waals surface area contributed by atoms with E-state index in [1.54, 1.807) is 0 Å². The highest BCUT2D eigenvalue weighted by molar-refractivity contribution is 5.83. The zero-order chi connectivity index (χ0) is 21.1. The first-order valence-electron chi connectivity index (χ1n) is 10.2. The Morgan fingerprint density at radius 2 is 1.60 bits per heavy atom. The molecule has 0 heterocycles. The first-order chi connectivity index (χ1) is 14.5. The fraction of sp³-hybridized carbons (Fsp3) is 0.348. The van der Waals surface area contributed by atoms with Gasteiger partial charge in [0.05, 0.1) is 0 Å². The summed E-state index contributed by atoms with van der Waals surface area (Å²) in [5.74, 6) is -1.54. The SMILES string of the molecule is O=C(NC(CNC(=O)C1CCC1)C(=O)O)OCC1c2ccccc2-c2ccccc21. The molecule has 1 unspecified atom stereocenters. The second-order valence-corrected chi connectivity index (χ2v) is 7.73. The number of carbonyl (C=O) groups is 3. The Kier molecular flexibility index (Phi) is 5.70. The fourth-order valence-corrected chi connectivity index (χ4v) is 4.00. The van der Waals surface area contributed by atoms with E-state index >= 15 is 0 Å². The van der Waals surface area contributed by atoms with Crippen LogP contribution in [0.15, 0.2) is 48.5 Å². The Hall–Kier alpha value is -3.35. The lowest BCUT2D eigenvalue weighted by molar-refractivity contribution is -0.139. The summed E-state index contributed by atoms with van der Waals surface area (Å²) in [5.41, 5.74) is 4.39. The van der Waals surface area contributed by atoms with Crippen LogP contribution >= 0.6 is 0 Å². The average molecular weight is 408 g/mol. The van der Waals surface area contributed by atoms with Crippen LogP contribution in [0.25, 0.3) is 11.1 Å². The predicted octanol–water partition coefficient (Wildman–Crippen LogP) is 2.89. The van der Waals surface area contributed by atoms with E-state index in [0.717, 1.165) is 41.5 Å². The van der Waals surface area contributed by atoms with Crippen LogP contribution < -0.4 is 10.6 Å². The van der Waals surface area contributed by atoms with Crippen molar-refractivity contribution < 1.29 is 24.2 Å². The minimum absolute atomic E-state index is 0.0473. The smallest absolute Gasteiger partial charge is 0.407 e. The van der Waals surface area contributed by atoms with E-state index in [-0.39, 0.29) is 30.9 Å². The highest BCUT2D eigenvalue weighted by atomic mass is 16.5. The molecule has 0 aliphatic heterocycles. The number of alkyl carbamates (subject to hydrolysis) is 1. The number of amides is 2. The molecule has 3 N–H and O–H groups in total. The number of aliphatic carboxylic acids is 1. The first kappa shape index (κ1) is 19.9. The van der Waals surface area contributed by atoms with Gasteiger partial charge in [0.15, 0.2) is 0 Å². The van der Waals surface area contributed by atoms with Gasteiger partial charge in [0.2, 0.25) is 5.91 Å². The molecule has 1 fully saturated rings. The van der Waals surface area contributed by atoms with E-state index in [1.807, 2.05) is 48.5 Å². The van der Waals surface area contributed by atoms with Crippen molar-refractivity contribution in [2.45, 2.75) is 31.2 Å². The van der Waals surface area contributed by atoms with Gasteiger partial charge in [-0.05, 0) is 35.1 Å². The molecule has 1 saturated carbocycles. The summed E-state index contributed by atoms with van der Waals surface area (Å²) in [7, 11) is 0. The Morgan fingerprint density at radius 3 is 2.13 bits per heavy atom. The summed E-state index contributed by atoms with van der Waals surface area (Å²) in [5, 5.41) is 14.3. The maximum atomic E-state index is 12.3. The summed E-state index contributed by atoms with van der Waals surface area (Å²) in [6.45, 7) is -0.0739. The molecular formula is C23H24N2O5. The van der Waals surface area contributed by atoms with Gasteiger partial charge in [-0.1, -0.05) is 55.0 Å². The number of hydrogen-bond acceptors (Lipinski definition) is 4. The third kappa shape index (κ3) is 4.01. The highest BCUT2D eigenvalue weighted by Crippen LogP contribution is 2.44. The van der Waals surface area contributed by atoms with E-state index in [2.05, 4.69) is 10.6 Å². The van der Waals surface area contributed by atoms with Gasteiger partial charge in [-0.2, -0.15) is 0 Å². The quantitative estimate of drug-likeness (QED) is 0.653. The normalized spacial score (nSPS) is 16.0. The van der Waals surface area contributed by atoms with Gasteiger partial charge in [0, 0.05) is 18.4 Å². The van der Waals surface area contributed by atoms with Gasteiger partial charge >= 0.3 is 12.1 Å². The molecule has 0 radical (unpaired) electrons. The maximum Gasteiger partial charge on any atom is 0.407 e. The van der Waals surface area contributed by atoms with Gasteiger partial charge in [0.1, 0.15) is 12.6 Å². The molecule has 7 heteroatoms. The molecule has 0 spiro atoms. The summed E-state index contributed by atoms with van der Waals surface area (Å²) < 4.78 is 5.38. The lowest BCUT2D eigenvalue weighted by Crippen LogP contribution is -2.50. The molecule has 2 aromatic carbocycles. The molecule has 2 amide bonds. The Balaban J connectivity index is 1.35. The maximum absolute atomic E-state index is 12.3. The Bertz CT molecular complexity index is 924. The van der Waals surface area contributed by atoms with Gasteiger partial charge in [0.25, 0.3) is 0 Å². The monoisotopic (exact) mass is 408 g/mol. The molecule has 0 saturated heterocycles. The van der Waals surface area contributed by atoms with E-state index < -0.39 is 18.1 Å². The molecule has 1 atom stereocenters. The van der Waals surface area contributed by atoms with Crippen LogP contribution in [0.1, 0.15) is 36.3 Å². The number of nitrogens with one attached hydrogen (secondary N) is 2. The van der Waals surface area contributed by atoms with Crippen molar-refractivity contribution in [3.63, 3.8) is 0 Å². The van der Waals surface area contributed by atoms with E-state index in [0.29, 0.717) is 0 Å². The molecule has 2 aliphatic carbocycles. The minimum Gasteiger partial charge on any atom is -0.480 e. The molecule has 0 aromatic heterocycles. The lowest BCUT2D eigenvalue weighted by Gasteiger charge is -2.25. The van der Waals surface area contributed by atoms with Crippen molar-refractivity contribution in [2.75, 3.05) is 13.2 Å². The third-order valence-corrected chi connectivity index (χ3v) is 5.89. The predicted molar refractivity (Wildman–Crippen MR) is 110 cm³/mol. The number of carboxylic acids is 1. The molecule has 0 bridgehead atoms. The first-order valence-corrected chi connectivity index (χ1v) is 10.2. The van der Waals surface area contributed by atoms with E-state index in [4.69, 9.17) is 4.74 Å². The van der Waals surface area contributed by atoms with Crippen molar-refractivity contribution in [1.82, 2.24) is 10.6 Å². The van der Waals surface area contributed by atoms with Crippen LogP contribution in [-0.4, -0.2) is 42.3 Å². The van der Waals surface area contributed by atoms with Crippen LogP contribution in [0.3, 0.4) is 0 Å². The number of carboxylic acid groups (broad SMARTS) is 1. The number of ether oxygens (including phenoxy) is 1. The van der Waals surface area contributed by atoms with Crippen molar-refractivity contribution in [3.8, 4) is 11.1 Å². The second kappa shape index (κ2) is 8.57. The fourth-order valence-electron chi connectivity index (χ4n) is 4.00. The second-order valence-electron chi connectivity index (χ2n) is 7.73. The lowest BCUT2D eigenvalue weighted by atomic mass is 9.85. The van der Waals surface area contributed by atoms with E-state index in [1.165, 1.54) is 0 Å². The average Bonchev–Trinajstić information content (AvgIpc) is 3.02. The van der Waals surface area contributed by atoms with Crippen LogP contribution in [0.4, 0.5) is 4.79 Å². The Morgan fingerprint density at radius 1 is 1.00 bits per heavy atom. The largest absolute Gasteiger partial charge is 0.480 e. The number of hydrogen-bond donors (Lipinski definition) is 3. The van der Waals surface area contributed by atoms with Gasteiger partial charge in [-0.3, -0.25) is 4.79 Å². The topological polar surface area (TPSA) is 105 Å². The molecule has 156 valence electrons. The number of benzene rings is 2. The van der Waals surface area contributed by atoms with E-state index in [9.17, 15) is 19.5 Å². The summed E-state index contributed by atoms with van der Waals surface area (Å²) in [4.78, 5) is 35.7. The van der Waals surface area contributed by atoms with Crippen LogP contribution in [0.5, 0.6) is 0 Å². The van der Waals surface area contributed by atoms with Crippen LogP contribution in [0, 0.1) is 5.92 Å². The minimum atomic E-state index is -1.25. The molecule has 4 rings (SSSR count). The Labute approximate surface area is 174 Å². The van der Waals surface area contributed by atoms with Crippen LogP contribution in [0.2, 0.25) is 0 Å². The van der Waals surface area contributed by atoms with Crippen LogP contribution in [-0.2, 0) is 14.3 Å². The zero-order valence-corrected chi connectivity index (χ0v) is 16.5. The third-order valence-electron chi connectivity index (χ3n) is 5.89. The number of carbonyl (C=O) groups excluding carboxylic acids is 2. The van der Waals surface area contributed by atoms with Crippen molar-refractivity contribution in [2.24, 2.45) is 5.92 Å². The van der Waals surface area contributed by atoms with Gasteiger partial charge in [-0.25, -0.2) is 9.59 Å². The standard InChI is InChI=1S/C23H24N2O5/c26-21(14-6-5-7-14)24-12-20(22(27)28)25-23(29)30-13-19-17-10-3-1-8-15(17)16-9-2-4-11-18(16)19/h1-4,8-11,14,19-20H,5-7,12-13H2,(H,24,26)(H,25,29)(H,27,28). The van der Waals surface area contributed by atoms with Gasteiger partial charge in [-0.15, -0.1) is 0 Å². The summed E-state index contributed by atoms with van der Waals surface area (Å²) >= 11 is 0. The van der Waals surface area contributed by atoms with Crippen molar-refractivity contribution in [1.29, 1.82) is 0 Å². The number of rotatable bonds is 7. The number of fused-ring (bicyclic) bond motifs is 3. The molecule has 7 nitrogen and oxygen atoms in total. The molecule has 30 heavy (non-hydrogen) atoms. The molecule has 2 aliphatic rings. The highest BCUT2D eigenvalue weighted by Gasteiger charge is 2.30. The summed E-state index contributed by atoms with van der Waals surface area (Å²) in [6.07, 6.45) is 1.84. The molecule has 2 aromatic rings. The zero-order valence-electron chi connectivity index (χ0n) is 16.5. The summed E-state index contributed by atoms with van der Waals surface area (Å²) in [6, 6.07) is 14.7.